The quantitative estimate of drug-likeness (QED) is 0.878. The molecule has 0 aliphatic heterocycles. The lowest BCUT2D eigenvalue weighted by molar-refractivity contribution is 0.591. The van der Waals surface area contributed by atoms with Gasteiger partial charge in [-0.3, -0.25) is 4.31 Å². The summed E-state index contributed by atoms with van der Waals surface area (Å²) in [5, 5.41) is 9.10. The number of rotatable bonds is 4. The molecule has 0 heterocycles. The van der Waals surface area contributed by atoms with Crippen molar-refractivity contribution in [1.29, 1.82) is 5.26 Å². The number of nitrogens with two attached hydrogens (primary N) is 1. The van der Waals surface area contributed by atoms with Crippen molar-refractivity contribution in [3.63, 3.8) is 0 Å². The molecule has 0 aliphatic rings. The molecular weight excluding hydrogens is 286 g/mol. The van der Waals surface area contributed by atoms with Gasteiger partial charge in [-0.05, 0) is 37.3 Å². The lowest BCUT2D eigenvalue weighted by Gasteiger charge is -2.23. The Morgan fingerprint density at radius 3 is 2.52 bits per heavy atom. The summed E-state index contributed by atoms with van der Waals surface area (Å²) in [6, 6.07) is 14.7. The summed E-state index contributed by atoms with van der Waals surface area (Å²) < 4.78 is 26.8. The van der Waals surface area contributed by atoms with Crippen LogP contribution in [0.4, 0.5) is 11.4 Å². The highest BCUT2D eigenvalue weighted by Crippen LogP contribution is 2.26. The minimum Gasteiger partial charge on any atom is -0.399 e. The Kier molecular flexibility index (Phi) is 4.15. The van der Waals surface area contributed by atoms with E-state index in [9.17, 15) is 8.42 Å². The normalized spacial score (nSPS) is 10.9. The van der Waals surface area contributed by atoms with Crippen LogP contribution in [-0.2, 0) is 10.0 Å². The lowest BCUT2D eigenvalue weighted by atomic mass is 10.2. The van der Waals surface area contributed by atoms with E-state index < -0.39 is 10.0 Å². The first-order chi connectivity index (χ1) is 10.0. The fourth-order valence-electron chi connectivity index (χ4n) is 2.07. The molecule has 0 unspecified atom stereocenters. The average molecular weight is 301 g/mol. The molecular formula is C15H15N3O2S. The zero-order chi connectivity index (χ0) is 15.5. The maximum Gasteiger partial charge on any atom is 0.265 e. The Hall–Kier alpha value is -2.52. The number of nitriles is 1. The van der Waals surface area contributed by atoms with Crippen LogP contribution in [0.25, 0.3) is 0 Å². The minimum absolute atomic E-state index is 0.00299. The van der Waals surface area contributed by atoms with E-state index in [4.69, 9.17) is 11.0 Å². The molecule has 2 aromatic carbocycles. The second kappa shape index (κ2) is 5.85. The molecule has 21 heavy (non-hydrogen) atoms. The first-order valence-electron chi connectivity index (χ1n) is 6.38. The maximum atomic E-state index is 12.8. The summed E-state index contributed by atoms with van der Waals surface area (Å²) >= 11 is 0. The largest absolute Gasteiger partial charge is 0.399 e. The van der Waals surface area contributed by atoms with Crippen molar-refractivity contribution in [3.05, 3.63) is 54.1 Å². The second-order valence-corrected chi connectivity index (χ2v) is 6.20. The van der Waals surface area contributed by atoms with Crippen LogP contribution in [0.15, 0.2) is 53.4 Å². The second-order valence-electron chi connectivity index (χ2n) is 4.37. The Bertz CT molecular complexity index is 795. The van der Waals surface area contributed by atoms with Crippen molar-refractivity contribution in [2.45, 2.75) is 11.8 Å². The van der Waals surface area contributed by atoms with Crippen molar-refractivity contribution in [2.24, 2.45) is 0 Å². The summed E-state index contributed by atoms with van der Waals surface area (Å²) in [7, 11) is -3.81. The average Bonchev–Trinajstić information content (AvgIpc) is 2.47. The van der Waals surface area contributed by atoms with Gasteiger partial charge in [0, 0.05) is 12.2 Å². The number of hydrogen-bond donors (Lipinski definition) is 1. The summed E-state index contributed by atoms with van der Waals surface area (Å²) in [6.45, 7) is 1.97. The van der Waals surface area contributed by atoms with Gasteiger partial charge in [-0.2, -0.15) is 5.26 Å². The van der Waals surface area contributed by atoms with Crippen LogP contribution in [0.3, 0.4) is 0 Å². The van der Waals surface area contributed by atoms with Crippen LogP contribution in [-0.4, -0.2) is 15.0 Å². The molecule has 0 spiro atoms. The molecule has 108 valence electrons. The van der Waals surface area contributed by atoms with E-state index in [1.807, 2.05) is 6.07 Å². The fourth-order valence-corrected chi connectivity index (χ4v) is 3.68. The first-order valence-corrected chi connectivity index (χ1v) is 7.82. The highest BCUT2D eigenvalue weighted by atomic mass is 32.2. The van der Waals surface area contributed by atoms with Gasteiger partial charge in [0.25, 0.3) is 10.0 Å². The molecule has 0 bridgehead atoms. The predicted molar refractivity (Wildman–Crippen MR) is 82.2 cm³/mol. The van der Waals surface area contributed by atoms with Gasteiger partial charge in [-0.1, -0.05) is 18.2 Å². The van der Waals surface area contributed by atoms with Crippen molar-refractivity contribution in [2.75, 3.05) is 16.6 Å². The van der Waals surface area contributed by atoms with Crippen molar-refractivity contribution < 1.29 is 8.42 Å². The molecule has 0 fully saturated rings. The summed E-state index contributed by atoms with van der Waals surface area (Å²) in [6.07, 6.45) is 0. The van der Waals surface area contributed by atoms with Crippen LogP contribution in [0, 0.1) is 11.3 Å². The molecule has 0 saturated heterocycles. The zero-order valence-electron chi connectivity index (χ0n) is 11.5. The molecule has 0 amide bonds. The Morgan fingerprint density at radius 1 is 1.19 bits per heavy atom. The molecule has 0 atom stereocenters. The van der Waals surface area contributed by atoms with E-state index in [2.05, 4.69) is 0 Å². The smallest absolute Gasteiger partial charge is 0.265 e. The monoisotopic (exact) mass is 301 g/mol. The number of hydrogen-bond acceptors (Lipinski definition) is 4. The van der Waals surface area contributed by atoms with Gasteiger partial charge in [0.2, 0.25) is 0 Å². The zero-order valence-corrected chi connectivity index (χ0v) is 12.3. The van der Waals surface area contributed by atoms with Crippen molar-refractivity contribution in [3.8, 4) is 6.07 Å². The minimum atomic E-state index is -3.81. The number of nitrogens with zero attached hydrogens (tertiary/aromatic N) is 2. The third-order valence-electron chi connectivity index (χ3n) is 3.02. The number of sulfonamides is 1. The molecule has 0 aromatic heterocycles. The molecule has 0 saturated carbocycles. The van der Waals surface area contributed by atoms with Gasteiger partial charge in [0.05, 0.1) is 11.3 Å². The summed E-state index contributed by atoms with van der Waals surface area (Å²) in [4.78, 5) is -0.00299. The van der Waals surface area contributed by atoms with E-state index in [0.29, 0.717) is 11.4 Å². The standard InChI is InChI=1S/C15H15N3O2S/c1-2-18(14-8-5-7-13(17)10-14)21(19,20)15-9-4-3-6-12(15)11-16/h3-10H,2,17H2,1H3. The van der Waals surface area contributed by atoms with Crippen LogP contribution in [0.2, 0.25) is 0 Å². The molecule has 0 radical (unpaired) electrons. The van der Waals surface area contributed by atoms with Crippen LogP contribution < -0.4 is 10.0 Å². The molecule has 2 N–H and O–H groups in total. The number of nitrogen functional groups attached to an aromatic ring is 1. The first kappa shape index (κ1) is 14.9. The van der Waals surface area contributed by atoms with Crippen LogP contribution in [0.1, 0.15) is 12.5 Å². The Labute approximate surface area is 124 Å². The molecule has 2 aromatic rings. The van der Waals surface area contributed by atoms with Crippen molar-refractivity contribution >= 4 is 21.4 Å². The van der Waals surface area contributed by atoms with Crippen LogP contribution in [0.5, 0.6) is 0 Å². The van der Waals surface area contributed by atoms with Gasteiger partial charge >= 0.3 is 0 Å². The Balaban J connectivity index is 2.58. The van der Waals surface area contributed by atoms with E-state index >= 15 is 0 Å². The molecule has 2 rings (SSSR count). The number of benzene rings is 2. The van der Waals surface area contributed by atoms with Crippen LogP contribution >= 0.6 is 0 Å². The third kappa shape index (κ3) is 2.83. The van der Waals surface area contributed by atoms with E-state index in [1.165, 1.54) is 16.4 Å². The highest BCUT2D eigenvalue weighted by Gasteiger charge is 2.26. The van der Waals surface area contributed by atoms with E-state index in [-0.39, 0.29) is 17.0 Å². The van der Waals surface area contributed by atoms with Crippen molar-refractivity contribution in [1.82, 2.24) is 0 Å². The highest BCUT2D eigenvalue weighted by molar-refractivity contribution is 7.92. The Morgan fingerprint density at radius 2 is 1.90 bits per heavy atom. The third-order valence-corrected chi connectivity index (χ3v) is 4.98. The lowest BCUT2D eigenvalue weighted by Crippen LogP contribution is -2.31. The number of anilines is 2. The fraction of sp³-hybridized carbons (Fsp3) is 0.133. The molecule has 0 aliphatic carbocycles. The summed E-state index contributed by atoms with van der Waals surface area (Å²) in [5.74, 6) is 0. The molecule has 6 heteroatoms. The van der Waals surface area contributed by atoms with Gasteiger partial charge < -0.3 is 5.73 Å². The van der Waals surface area contributed by atoms with Gasteiger partial charge in [0.1, 0.15) is 11.0 Å². The SMILES string of the molecule is CCN(c1cccc(N)c1)S(=O)(=O)c1ccccc1C#N. The van der Waals surface area contributed by atoms with E-state index in [0.717, 1.165) is 0 Å². The summed E-state index contributed by atoms with van der Waals surface area (Å²) in [5.41, 5.74) is 6.80. The van der Waals surface area contributed by atoms with Gasteiger partial charge in [-0.25, -0.2) is 8.42 Å². The van der Waals surface area contributed by atoms with E-state index in [1.54, 1.807) is 43.3 Å². The predicted octanol–water partition coefficient (Wildman–Crippen LogP) is 2.36. The maximum absolute atomic E-state index is 12.8. The molecule has 5 nitrogen and oxygen atoms in total. The topological polar surface area (TPSA) is 87.2 Å². The van der Waals surface area contributed by atoms with Gasteiger partial charge in [-0.15, -0.1) is 0 Å². The van der Waals surface area contributed by atoms with Gasteiger partial charge in [0.15, 0.2) is 0 Å².